The Kier molecular flexibility index (Phi) is 4.73. The molecule has 1 N–H and O–H groups in total. The first-order valence-corrected chi connectivity index (χ1v) is 8.08. The normalized spacial score (nSPS) is 21.9. The summed E-state index contributed by atoms with van der Waals surface area (Å²) in [4.78, 5) is 28.9. The van der Waals surface area contributed by atoms with Crippen LogP contribution in [-0.2, 0) is 16.0 Å². The molecule has 3 rings (SSSR count). The minimum atomic E-state index is -0.255. The molecule has 1 aromatic rings. The molecule has 2 heterocycles. The van der Waals surface area contributed by atoms with Crippen molar-refractivity contribution < 1.29 is 9.59 Å². The van der Waals surface area contributed by atoms with Crippen LogP contribution >= 0.6 is 0 Å². The molecule has 2 amide bonds. The Morgan fingerprint density at radius 3 is 2.55 bits per heavy atom. The number of nitrogens with zero attached hydrogens (tertiary/aromatic N) is 2. The maximum atomic E-state index is 12.7. The van der Waals surface area contributed by atoms with E-state index in [0.717, 1.165) is 44.6 Å². The van der Waals surface area contributed by atoms with E-state index in [1.54, 1.807) is 4.90 Å². The van der Waals surface area contributed by atoms with Crippen LogP contribution in [0.2, 0.25) is 0 Å². The van der Waals surface area contributed by atoms with Crippen molar-refractivity contribution in [3.63, 3.8) is 0 Å². The fraction of sp³-hybridized carbons (Fsp3) is 0.529. The zero-order chi connectivity index (χ0) is 15.4. The van der Waals surface area contributed by atoms with Gasteiger partial charge in [0.2, 0.25) is 11.8 Å². The lowest BCUT2D eigenvalue weighted by atomic mass is 10.1. The molecule has 1 atom stereocenters. The van der Waals surface area contributed by atoms with Crippen molar-refractivity contribution in [1.82, 2.24) is 15.1 Å². The number of likely N-dealkylation sites (tertiary alicyclic amines) is 1. The van der Waals surface area contributed by atoms with Gasteiger partial charge in [-0.3, -0.25) is 9.59 Å². The lowest BCUT2D eigenvalue weighted by Gasteiger charge is -2.33. The van der Waals surface area contributed by atoms with Crippen molar-refractivity contribution in [2.24, 2.45) is 0 Å². The maximum absolute atomic E-state index is 12.7. The van der Waals surface area contributed by atoms with Gasteiger partial charge in [0.1, 0.15) is 6.04 Å². The van der Waals surface area contributed by atoms with Gasteiger partial charge in [-0.05, 0) is 18.4 Å². The molecule has 2 fully saturated rings. The summed E-state index contributed by atoms with van der Waals surface area (Å²) in [5.74, 6) is 0.192. The molecule has 0 bridgehead atoms. The van der Waals surface area contributed by atoms with E-state index in [0.29, 0.717) is 13.0 Å². The molecule has 0 saturated carbocycles. The van der Waals surface area contributed by atoms with Gasteiger partial charge in [-0.1, -0.05) is 30.3 Å². The van der Waals surface area contributed by atoms with E-state index < -0.39 is 0 Å². The molecule has 0 radical (unpaired) electrons. The summed E-state index contributed by atoms with van der Waals surface area (Å²) < 4.78 is 0. The molecule has 0 aliphatic carbocycles. The smallest absolute Gasteiger partial charge is 0.245 e. The standard InChI is InChI=1S/C17H23N3O2/c21-16(13-14-5-2-1-3-6-14)20-10-4-7-15(20)17(22)19-11-8-18-9-12-19/h1-3,5-6,15,18H,4,7-13H2. The first-order valence-electron chi connectivity index (χ1n) is 8.08. The number of piperazine rings is 1. The first-order chi connectivity index (χ1) is 10.8. The average Bonchev–Trinajstić information content (AvgIpc) is 3.05. The Balaban J connectivity index is 1.64. The third kappa shape index (κ3) is 3.30. The molecule has 2 aliphatic rings. The topological polar surface area (TPSA) is 52.7 Å². The van der Waals surface area contributed by atoms with Gasteiger partial charge < -0.3 is 15.1 Å². The fourth-order valence-corrected chi connectivity index (χ4v) is 3.29. The molecular weight excluding hydrogens is 278 g/mol. The molecule has 118 valence electrons. The second kappa shape index (κ2) is 6.92. The zero-order valence-corrected chi connectivity index (χ0v) is 12.8. The molecule has 1 unspecified atom stereocenters. The average molecular weight is 301 g/mol. The summed E-state index contributed by atoms with van der Waals surface area (Å²) in [6, 6.07) is 9.49. The third-order valence-electron chi connectivity index (χ3n) is 4.49. The highest BCUT2D eigenvalue weighted by atomic mass is 16.2. The lowest BCUT2D eigenvalue weighted by molar-refractivity contribution is -0.143. The van der Waals surface area contributed by atoms with Gasteiger partial charge in [-0.25, -0.2) is 0 Å². The van der Waals surface area contributed by atoms with Gasteiger partial charge in [-0.2, -0.15) is 0 Å². The van der Waals surface area contributed by atoms with Crippen molar-refractivity contribution in [3.8, 4) is 0 Å². The van der Waals surface area contributed by atoms with Crippen LogP contribution in [0.3, 0.4) is 0 Å². The quantitative estimate of drug-likeness (QED) is 0.892. The molecule has 2 aliphatic heterocycles. The lowest BCUT2D eigenvalue weighted by Crippen LogP contribution is -2.53. The summed E-state index contributed by atoms with van der Waals surface area (Å²) in [6.45, 7) is 3.88. The van der Waals surface area contributed by atoms with E-state index in [1.807, 2.05) is 35.2 Å². The molecule has 5 heteroatoms. The number of carbonyl (C=O) groups is 2. The number of carbonyl (C=O) groups excluding carboxylic acids is 2. The van der Waals surface area contributed by atoms with Crippen LogP contribution < -0.4 is 5.32 Å². The van der Waals surface area contributed by atoms with Crippen LogP contribution in [0, 0.1) is 0 Å². The van der Waals surface area contributed by atoms with E-state index in [9.17, 15) is 9.59 Å². The summed E-state index contributed by atoms with van der Waals surface area (Å²) in [7, 11) is 0. The number of amides is 2. The Labute approximate surface area is 131 Å². The monoisotopic (exact) mass is 301 g/mol. The van der Waals surface area contributed by atoms with Crippen LogP contribution in [-0.4, -0.2) is 60.4 Å². The SMILES string of the molecule is O=C(C1CCCN1C(=O)Cc1ccccc1)N1CCNCC1. The number of benzene rings is 1. The van der Waals surface area contributed by atoms with Crippen LogP contribution in [0.1, 0.15) is 18.4 Å². The number of hydrogen-bond donors (Lipinski definition) is 1. The van der Waals surface area contributed by atoms with Gasteiger partial charge in [0, 0.05) is 32.7 Å². The van der Waals surface area contributed by atoms with Crippen molar-refractivity contribution in [1.29, 1.82) is 0 Å². The van der Waals surface area contributed by atoms with E-state index in [4.69, 9.17) is 0 Å². The van der Waals surface area contributed by atoms with Gasteiger partial charge in [0.15, 0.2) is 0 Å². The highest BCUT2D eigenvalue weighted by molar-refractivity contribution is 5.89. The largest absolute Gasteiger partial charge is 0.338 e. The van der Waals surface area contributed by atoms with Crippen LogP contribution in [0.5, 0.6) is 0 Å². The Morgan fingerprint density at radius 1 is 1.09 bits per heavy atom. The zero-order valence-electron chi connectivity index (χ0n) is 12.8. The maximum Gasteiger partial charge on any atom is 0.245 e. The highest BCUT2D eigenvalue weighted by Gasteiger charge is 2.36. The minimum Gasteiger partial charge on any atom is -0.338 e. The summed E-state index contributed by atoms with van der Waals surface area (Å²) in [5.41, 5.74) is 1.01. The third-order valence-corrected chi connectivity index (χ3v) is 4.49. The van der Waals surface area contributed by atoms with Crippen LogP contribution in [0.4, 0.5) is 0 Å². The molecule has 0 spiro atoms. The number of hydrogen-bond acceptors (Lipinski definition) is 3. The predicted molar refractivity (Wildman–Crippen MR) is 84.3 cm³/mol. The predicted octanol–water partition coefficient (Wildman–Crippen LogP) is 0.652. The molecule has 1 aromatic carbocycles. The van der Waals surface area contributed by atoms with E-state index in [-0.39, 0.29) is 17.9 Å². The van der Waals surface area contributed by atoms with E-state index in [2.05, 4.69) is 5.32 Å². The Morgan fingerprint density at radius 2 is 1.82 bits per heavy atom. The van der Waals surface area contributed by atoms with Crippen molar-refractivity contribution in [3.05, 3.63) is 35.9 Å². The van der Waals surface area contributed by atoms with E-state index in [1.165, 1.54) is 0 Å². The summed E-state index contributed by atoms with van der Waals surface area (Å²) >= 11 is 0. The molecule has 2 saturated heterocycles. The number of nitrogens with one attached hydrogen (secondary N) is 1. The van der Waals surface area contributed by atoms with Crippen LogP contribution in [0.25, 0.3) is 0 Å². The molecular formula is C17H23N3O2. The second-order valence-electron chi connectivity index (χ2n) is 5.98. The Bertz CT molecular complexity index is 526. The first kappa shape index (κ1) is 15.0. The molecule has 22 heavy (non-hydrogen) atoms. The second-order valence-corrected chi connectivity index (χ2v) is 5.98. The van der Waals surface area contributed by atoms with Crippen molar-refractivity contribution in [2.75, 3.05) is 32.7 Å². The Hall–Kier alpha value is -1.88. The number of rotatable bonds is 3. The van der Waals surface area contributed by atoms with Gasteiger partial charge in [0.05, 0.1) is 6.42 Å². The fourth-order valence-electron chi connectivity index (χ4n) is 3.29. The van der Waals surface area contributed by atoms with Gasteiger partial charge in [-0.15, -0.1) is 0 Å². The highest BCUT2D eigenvalue weighted by Crippen LogP contribution is 2.21. The van der Waals surface area contributed by atoms with Gasteiger partial charge in [0.25, 0.3) is 0 Å². The molecule has 5 nitrogen and oxygen atoms in total. The minimum absolute atomic E-state index is 0.0668. The van der Waals surface area contributed by atoms with E-state index >= 15 is 0 Å². The summed E-state index contributed by atoms with van der Waals surface area (Å²) in [6.07, 6.45) is 2.10. The summed E-state index contributed by atoms with van der Waals surface area (Å²) in [5, 5.41) is 3.25. The molecule has 0 aromatic heterocycles. The van der Waals surface area contributed by atoms with Crippen LogP contribution in [0.15, 0.2) is 30.3 Å². The van der Waals surface area contributed by atoms with Crippen molar-refractivity contribution >= 4 is 11.8 Å². The van der Waals surface area contributed by atoms with Gasteiger partial charge >= 0.3 is 0 Å². The van der Waals surface area contributed by atoms with Crippen molar-refractivity contribution in [2.45, 2.75) is 25.3 Å².